The predicted octanol–water partition coefficient (Wildman–Crippen LogP) is 0.257. The van der Waals surface area contributed by atoms with Crippen LogP contribution in [0.15, 0.2) is 18.2 Å². The molecule has 3 rings (SSSR count). The molecule has 3 N–H and O–H groups in total. The monoisotopic (exact) mass is 372 g/mol. The highest BCUT2D eigenvalue weighted by Crippen LogP contribution is 2.28. The molecule has 4 amide bonds. The first kappa shape index (κ1) is 19.2. The molecule has 2 heterocycles. The molecule has 0 aromatic heterocycles. The van der Waals surface area contributed by atoms with Crippen LogP contribution in [0.5, 0.6) is 0 Å². The van der Waals surface area contributed by atoms with Gasteiger partial charge in [0, 0.05) is 25.6 Å². The normalized spacial score (nSPS) is 20.9. The van der Waals surface area contributed by atoms with Crippen LogP contribution in [0.1, 0.15) is 52.5 Å². The standard InChI is InChI=1S/C19H24N4O4/c1-3-12(9-20)22(2)10-11-4-5-13-14(8-11)19(27)23(18(13)26)15-6-7-16(24)21-17(15)25/h4-5,8,12,15H,3,6-7,9-10,20H2,1-2H3,(H,21,24,25). The Bertz CT molecular complexity index is 803. The Morgan fingerprint density at radius 2 is 1.93 bits per heavy atom. The minimum absolute atomic E-state index is 0.108. The lowest BCUT2D eigenvalue weighted by atomic mass is 10.0. The van der Waals surface area contributed by atoms with Gasteiger partial charge in [-0.2, -0.15) is 0 Å². The molecule has 2 atom stereocenters. The van der Waals surface area contributed by atoms with Gasteiger partial charge in [-0.25, -0.2) is 0 Å². The van der Waals surface area contributed by atoms with E-state index in [1.165, 1.54) is 0 Å². The van der Waals surface area contributed by atoms with Crippen molar-refractivity contribution >= 4 is 23.6 Å². The fourth-order valence-electron chi connectivity index (χ4n) is 3.69. The second-order valence-corrected chi connectivity index (χ2v) is 7.04. The van der Waals surface area contributed by atoms with E-state index in [0.29, 0.717) is 24.2 Å². The molecule has 0 bridgehead atoms. The van der Waals surface area contributed by atoms with Crippen molar-refractivity contribution in [3.8, 4) is 0 Å². The summed E-state index contributed by atoms with van der Waals surface area (Å²) in [6.45, 7) is 3.21. The number of carbonyl (C=O) groups is 4. The number of piperidine rings is 1. The smallest absolute Gasteiger partial charge is 0.262 e. The summed E-state index contributed by atoms with van der Waals surface area (Å²) in [5, 5.41) is 2.19. The maximum Gasteiger partial charge on any atom is 0.262 e. The molecule has 144 valence electrons. The van der Waals surface area contributed by atoms with Crippen LogP contribution in [0.25, 0.3) is 0 Å². The lowest BCUT2D eigenvalue weighted by Crippen LogP contribution is -2.54. The molecular formula is C19H24N4O4. The van der Waals surface area contributed by atoms with E-state index in [2.05, 4.69) is 17.1 Å². The van der Waals surface area contributed by atoms with Gasteiger partial charge in [0.15, 0.2) is 0 Å². The van der Waals surface area contributed by atoms with Gasteiger partial charge in [0.25, 0.3) is 11.8 Å². The largest absolute Gasteiger partial charge is 0.329 e. The number of carbonyl (C=O) groups excluding carboxylic acids is 4. The average molecular weight is 372 g/mol. The molecule has 8 nitrogen and oxygen atoms in total. The molecular weight excluding hydrogens is 348 g/mol. The number of rotatable bonds is 6. The van der Waals surface area contributed by atoms with Crippen LogP contribution in [0.2, 0.25) is 0 Å². The van der Waals surface area contributed by atoms with Gasteiger partial charge in [0.05, 0.1) is 11.1 Å². The minimum Gasteiger partial charge on any atom is -0.329 e. The number of amides is 4. The number of fused-ring (bicyclic) bond motifs is 1. The fraction of sp³-hybridized carbons (Fsp3) is 0.474. The Labute approximate surface area is 157 Å². The topological polar surface area (TPSA) is 113 Å². The first-order valence-electron chi connectivity index (χ1n) is 9.12. The molecule has 2 unspecified atom stereocenters. The van der Waals surface area contributed by atoms with Crippen molar-refractivity contribution in [2.45, 2.75) is 44.8 Å². The van der Waals surface area contributed by atoms with Gasteiger partial charge in [0.1, 0.15) is 6.04 Å². The molecule has 1 aromatic rings. The molecule has 0 saturated carbocycles. The highest BCUT2D eigenvalue weighted by Gasteiger charge is 2.44. The molecule has 27 heavy (non-hydrogen) atoms. The summed E-state index contributed by atoms with van der Waals surface area (Å²) in [5.74, 6) is -1.96. The summed E-state index contributed by atoms with van der Waals surface area (Å²) < 4.78 is 0. The van der Waals surface area contributed by atoms with Crippen LogP contribution in [0.3, 0.4) is 0 Å². The van der Waals surface area contributed by atoms with Crippen molar-refractivity contribution in [3.63, 3.8) is 0 Å². The van der Waals surface area contributed by atoms with E-state index in [-0.39, 0.29) is 24.8 Å². The van der Waals surface area contributed by atoms with E-state index < -0.39 is 23.8 Å². The summed E-state index contributed by atoms with van der Waals surface area (Å²) >= 11 is 0. The summed E-state index contributed by atoms with van der Waals surface area (Å²) in [5.41, 5.74) is 7.28. The molecule has 2 aliphatic rings. The van der Waals surface area contributed by atoms with E-state index >= 15 is 0 Å². The number of imide groups is 2. The predicted molar refractivity (Wildman–Crippen MR) is 97.7 cm³/mol. The molecule has 8 heteroatoms. The van der Waals surface area contributed by atoms with Gasteiger partial charge >= 0.3 is 0 Å². The van der Waals surface area contributed by atoms with Gasteiger partial charge in [-0.1, -0.05) is 13.0 Å². The maximum atomic E-state index is 12.8. The second-order valence-electron chi connectivity index (χ2n) is 7.04. The average Bonchev–Trinajstić information content (AvgIpc) is 2.87. The number of nitrogens with two attached hydrogens (primary N) is 1. The molecule has 1 fully saturated rings. The fourth-order valence-corrected chi connectivity index (χ4v) is 3.69. The minimum atomic E-state index is -0.942. The zero-order chi connectivity index (χ0) is 19.7. The number of nitrogens with one attached hydrogen (secondary N) is 1. The van der Waals surface area contributed by atoms with Crippen molar-refractivity contribution in [1.29, 1.82) is 0 Å². The van der Waals surface area contributed by atoms with Crippen LogP contribution in [0, 0.1) is 0 Å². The van der Waals surface area contributed by atoms with Crippen LogP contribution < -0.4 is 11.1 Å². The van der Waals surface area contributed by atoms with Crippen molar-refractivity contribution < 1.29 is 19.2 Å². The molecule has 2 aliphatic heterocycles. The number of nitrogens with zero attached hydrogens (tertiary/aromatic N) is 2. The van der Waals surface area contributed by atoms with Crippen LogP contribution >= 0.6 is 0 Å². The molecule has 0 aliphatic carbocycles. The highest BCUT2D eigenvalue weighted by atomic mass is 16.2. The van der Waals surface area contributed by atoms with Crippen molar-refractivity contribution in [2.75, 3.05) is 13.6 Å². The van der Waals surface area contributed by atoms with E-state index in [1.807, 2.05) is 13.1 Å². The number of hydrogen-bond acceptors (Lipinski definition) is 6. The van der Waals surface area contributed by atoms with Crippen molar-refractivity contribution in [1.82, 2.24) is 15.1 Å². The van der Waals surface area contributed by atoms with Crippen molar-refractivity contribution in [2.24, 2.45) is 5.73 Å². The zero-order valence-corrected chi connectivity index (χ0v) is 15.5. The lowest BCUT2D eigenvalue weighted by Gasteiger charge is -2.27. The van der Waals surface area contributed by atoms with Gasteiger partial charge in [-0.05, 0) is 37.6 Å². The summed E-state index contributed by atoms with van der Waals surface area (Å²) in [6, 6.07) is 4.45. The van der Waals surface area contributed by atoms with Gasteiger partial charge in [-0.15, -0.1) is 0 Å². The number of benzene rings is 1. The van der Waals surface area contributed by atoms with Crippen LogP contribution in [-0.4, -0.2) is 59.1 Å². The summed E-state index contributed by atoms with van der Waals surface area (Å²) in [7, 11) is 1.97. The first-order chi connectivity index (χ1) is 12.9. The van der Waals surface area contributed by atoms with E-state index in [4.69, 9.17) is 5.73 Å². The quantitative estimate of drug-likeness (QED) is 0.693. The Hall–Kier alpha value is -2.58. The van der Waals surface area contributed by atoms with Gasteiger partial charge < -0.3 is 5.73 Å². The third-order valence-electron chi connectivity index (χ3n) is 5.30. The van der Waals surface area contributed by atoms with E-state index in [0.717, 1.165) is 16.9 Å². The first-order valence-corrected chi connectivity index (χ1v) is 9.12. The van der Waals surface area contributed by atoms with Crippen LogP contribution in [-0.2, 0) is 16.1 Å². The van der Waals surface area contributed by atoms with E-state index in [9.17, 15) is 19.2 Å². The SMILES string of the molecule is CCC(CN)N(C)Cc1ccc2c(c1)C(=O)N(C1CCC(=O)NC1=O)C2=O. The van der Waals surface area contributed by atoms with Gasteiger partial charge in [-0.3, -0.25) is 34.3 Å². The third-order valence-corrected chi connectivity index (χ3v) is 5.30. The molecule has 0 radical (unpaired) electrons. The molecule has 1 saturated heterocycles. The van der Waals surface area contributed by atoms with E-state index in [1.54, 1.807) is 12.1 Å². The Balaban J connectivity index is 1.82. The second kappa shape index (κ2) is 7.58. The lowest BCUT2D eigenvalue weighted by molar-refractivity contribution is -0.136. The highest BCUT2D eigenvalue weighted by molar-refractivity contribution is 6.23. The molecule has 1 aromatic carbocycles. The Kier molecular flexibility index (Phi) is 5.38. The summed E-state index contributed by atoms with van der Waals surface area (Å²) in [6.07, 6.45) is 1.18. The Morgan fingerprint density at radius 3 is 2.56 bits per heavy atom. The van der Waals surface area contributed by atoms with Crippen molar-refractivity contribution in [3.05, 3.63) is 34.9 Å². The molecule has 0 spiro atoms. The zero-order valence-electron chi connectivity index (χ0n) is 15.5. The van der Waals surface area contributed by atoms with Crippen LogP contribution in [0.4, 0.5) is 0 Å². The summed E-state index contributed by atoms with van der Waals surface area (Å²) in [4.78, 5) is 52.0. The van der Waals surface area contributed by atoms with Gasteiger partial charge in [0.2, 0.25) is 11.8 Å². The number of hydrogen-bond donors (Lipinski definition) is 2. The third kappa shape index (κ3) is 3.50. The maximum absolute atomic E-state index is 12.8. The number of likely N-dealkylation sites (N-methyl/N-ethyl adjacent to an activating group) is 1. The Morgan fingerprint density at radius 1 is 1.22 bits per heavy atom.